The normalized spacial score (nSPS) is 35.5. The molecule has 0 aromatic carbocycles. The Bertz CT molecular complexity index is 469. The number of hydrogen-bond donors (Lipinski definition) is 0. The van der Waals surface area contributed by atoms with E-state index in [1.807, 2.05) is 24.9 Å². The van der Waals surface area contributed by atoms with Crippen LogP contribution in [0, 0.1) is 11.8 Å². The fourth-order valence-electron chi connectivity index (χ4n) is 3.22. The molecule has 4 heteroatoms. The van der Waals surface area contributed by atoms with Crippen LogP contribution in [0.4, 0.5) is 0 Å². The van der Waals surface area contributed by atoms with Crippen LogP contribution in [-0.4, -0.2) is 29.3 Å². The Morgan fingerprint density at radius 3 is 3.37 bits per heavy atom. The highest BCUT2D eigenvalue weighted by Gasteiger charge is 2.54. The van der Waals surface area contributed by atoms with Gasteiger partial charge in [0.2, 0.25) is 0 Å². The maximum Gasteiger partial charge on any atom is 0.310 e. The molecule has 0 bridgehead atoms. The Hall–Kier alpha value is -1.03. The lowest BCUT2D eigenvalue weighted by Gasteiger charge is -2.39. The van der Waals surface area contributed by atoms with Gasteiger partial charge in [0.15, 0.2) is 0 Å². The van der Waals surface area contributed by atoms with Gasteiger partial charge in [-0.05, 0) is 31.3 Å². The van der Waals surface area contributed by atoms with E-state index in [4.69, 9.17) is 4.74 Å². The minimum Gasteiger partial charge on any atom is -0.465 e. The quantitative estimate of drug-likeness (QED) is 0.744. The highest BCUT2D eigenvalue weighted by Crippen LogP contribution is 2.57. The maximum absolute atomic E-state index is 12.2. The van der Waals surface area contributed by atoms with E-state index in [0.717, 1.165) is 30.7 Å². The van der Waals surface area contributed by atoms with Crippen molar-refractivity contribution < 1.29 is 9.53 Å². The molecule has 3 nitrogen and oxygen atoms in total. The minimum atomic E-state index is -0.0135. The average molecular weight is 277 g/mol. The zero-order chi connectivity index (χ0) is 13.3. The molecule has 0 saturated carbocycles. The molecule has 1 spiro atoms. The van der Waals surface area contributed by atoms with E-state index in [9.17, 15) is 4.79 Å². The summed E-state index contributed by atoms with van der Waals surface area (Å²) in [4.78, 5) is 16.8. The van der Waals surface area contributed by atoms with Gasteiger partial charge in [0.25, 0.3) is 0 Å². The van der Waals surface area contributed by atoms with Gasteiger partial charge in [-0.25, -0.2) is 0 Å². The molecule has 3 atom stereocenters. The van der Waals surface area contributed by atoms with Crippen molar-refractivity contribution >= 4 is 23.9 Å². The molecule has 1 saturated heterocycles. The van der Waals surface area contributed by atoms with Gasteiger partial charge < -0.3 is 4.74 Å². The molecule has 0 amide bonds. The summed E-state index contributed by atoms with van der Waals surface area (Å²) in [5, 5.41) is 0. The Morgan fingerprint density at radius 2 is 2.53 bits per heavy atom. The molecular weight excluding hydrogens is 258 g/mol. The molecule has 3 rings (SSSR count). The monoisotopic (exact) mass is 277 g/mol. The number of allylic oxidation sites excluding steroid dienone is 3. The molecule has 3 aliphatic rings. The Morgan fingerprint density at radius 1 is 1.63 bits per heavy atom. The van der Waals surface area contributed by atoms with Crippen LogP contribution >= 0.6 is 11.8 Å². The molecule has 1 aliphatic carbocycles. The van der Waals surface area contributed by atoms with Gasteiger partial charge in [-0.3, -0.25) is 9.79 Å². The summed E-state index contributed by atoms with van der Waals surface area (Å²) < 4.78 is 5.39. The summed E-state index contributed by atoms with van der Waals surface area (Å²) in [6, 6.07) is 0. The topological polar surface area (TPSA) is 38.7 Å². The minimum absolute atomic E-state index is 0.0135. The van der Waals surface area contributed by atoms with Crippen LogP contribution in [0.3, 0.4) is 0 Å². The number of hydrogen-bond acceptors (Lipinski definition) is 4. The van der Waals surface area contributed by atoms with Crippen LogP contribution in [0.25, 0.3) is 0 Å². The van der Waals surface area contributed by atoms with Gasteiger partial charge in [0.1, 0.15) is 0 Å². The number of aliphatic imine (C=N–C) groups is 1. The molecule has 2 aliphatic heterocycles. The molecule has 0 aromatic heterocycles. The van der Waals surface area contributed by atoms with Crippen LogP contribution in [0.1, 0.15) is 26.2 Å². The van der Waals surface area contributed by atoms with E-state index in [2.05, 4.69) is 23.2 Å². The van der Waals surface area contributed by atoms with Crippen molar-refractivity contribution in [1.29, 1.82) is 0 Å². The predicted octanol–water partition coefficient (Wildman–Crippen LogP) is 2.98. The fraction of sp³-hybridized carbons (Fsp3) is 0.600. The van der Waals surface area contributed by atoms with Gasteiger partial charge in [0.05, 0.1) is 23.0 Å². The van der Waals surface area contributed by atoms with E-state index in [-0.39, 0.29) is 16.6 Å². The lowest BCUT2D eigenvalue weighted by Crippen LogP contribution is -2.40. The summed E-state index contributed by atoms with van der Waals surface area (Å²) in [6.07, 6.45) is 11.1. The molecule has 102 valence electrons. The van der Waals surface area contributed by atoms with Crippen molar-refractivity contribution in [3.8, 4) is 0 Å². The fourth-order valence-corrected chi connectivity index (χ4v) is 5.02. The molecule has 19 heavy (non-hydrogen) atoms. The van der Waals surface area contributed by atoms with E-state index in [1.165, 1.54) is 0 Å². The first-order valence-corrected chi connectivity index (χ1v) is 7.97. The summed E-state index contributed by atoms with van der Waals surface area (Å²) in [5.74, 6) is 1.22. The molecule has 0 radical (unpaired) electrons. The lowest BCUT2D eigenvalue weighted by atomic mass is 9.74. The van der Waals surface area contributed by atoms with Crippen molar-refractivity contribution in [3.63, 3.8) is 0 Å². The van der Waals surface area contributed by atoms with Gasteiger partial charge in [0, 0.05) is 12.0 Å². The van der Waals surface area contributed by atoms with Crippen molar-refractivity contribution in [2.24, 2.45) is 16.8 Å². The van der Waals surface area contributed by atoms with Crippen LogP contribution < -0.4 is 0 Å². The molecule has 0 aromatic rings. The summed E-state index contributed by atoms with van der Waals surface area (Å²) in [7, 11) is 0. The number of carbonyl (C=O) groups excluding carboxylic acids is 1. The molecule has 1 fully saturated rings. The predicted molar refractivity (Wildman–Crippen MR) is 78.4 cm³/mol. The Balaban J connectivity index is 1.83. The second-order valence-electron chi connectivity index (χ2n) is 5.31. The highest BCUT2D eigenvalue weighted by atomic mass is 32.2. The van der Waals surface area contributed by atoms with Crippen molar-refractivity contribution in [1.82, 2.24) is 0 Å². The smallest absolute Gasteiger partial charge is 0.310 e. The second kappa shape index (κ2) is 5.16. The van der Waals surface area contributed by atoms with Crippen LogP contribution in [0.2, 0.25) is 0 Å². The van der Waals surface area contributed by atoms with Gasteiger partial charge in [-0.1, -0.05) is 19.1 Å². The van der Waals surface area contributed by atoms with Crippen LogP contribution in [-0.2, 0) is 9.53 Å². The number of thioether (sulfide) groups is 1. The van der Waals surface area contributed by atoms with E-state index >= 15 is 0 Å². The third-order valence-electron chi connectivity index (χ3n) is 4.19. The maximum atomic E-state index is 12.2. The number of ether oxygens (including phenoxy) is 1. The van der Waals surface area contributed by atoms with Crippen molar-refractivity contribution in [3.05, 3.63) is 23.9 Å². The molecule has 2 heterocycles. The number of nitrogens with zero attached hydrogens (tertiary/aromatic N) is 1. The Labute approximate surface area is 118 Å². The van der Waals surface area contributed by atoms with Crippen molar-refractivity contribution in [2.45, 2.75) is 30.9 Å². The largest absolute Gasteiger partial charge is 0.465 e. The van der Waals surface area contributed by atoms with E-state index in [1.54, 1.807) is 0 Å². The summed E-state index contributed by atoms with van der Waals surface area (Å²) in [6.45, 7) is 2.56. The van der Waals surface area contributed by atoms with Gasteiger partial charge in [-0.2, -0.15) is 0 Å². The molecular formula is C15H19NO2S. The first kappa shape index (κ1) is 13.0. The second-order valence-corrected chi connectivity index (χ2v) is 6.66. The standard InChI is InChI=1S/C15H19NO2S/c1-2-9-18-14(17)11-10-19-15-7-4-3-5-13(15)16-8-6-12(11)15/h3-5,8,11-12H,2,6-7,9-10H2,1H3. The molecule has 3 unspecified atom stereocenters. The first-order chi connectivity index (χ1) is 9.28. The summed E-state index contributed by atoms with van der Waals surface area (Å²) >= 11 is 1.89. The van der Waals surface area contributed by atoms with Crippen molar-refractivity contribution in [2.75, 3.05) is 12.4 Å². The number of carbonyl (C=O) groups is 1. The molecule has 0 N–H and O–H groups in total. The third-order valence-corrected chi connectivity index (χ3v) is 5.91. The first-order valence-electron chi connectivity index (χ1n) is 6.98. The lowest BCUT2D eigenvalue weighted by molar-refractivity contribution is -0.149. The summed E-state index contributed by atoms with van der Waals surface area (Å²) in [5.41, 5.74) is 1.14. The third kappa shape index (κ3) is 2.06. The highest BCUT2D eigenvalue weighted by molar-refractivity contribution is 8.01. The van der Waals surface area contributed by atoms with Crippen LogP contribution in [0.15, 0.2) is 28.9 Å². The SMILES string of the molecule is CCCOC(=O)C1CSC23CC=CC=C2N=CCC13. The van der Waals surface area contributed by atoms with E-state index in [0.29, 0.717) is 12.5 Å². The number of rotatable bonds is 3. The van der Waals surface area contributed by atoms with E-state index < -0.39 is 0 Å². The van der Waals surface area contributed by atoms with Gasteiger partial charge in [-0.15, -0.1) is 11.8 Å². The van der Waals surface area contributed by atoms with Gasteiger partial charge >= 0.3 is 5.97 Å². The average Bonchev–Trinajstić information content (AvgIpc) is 2.82. The van der Waals surface area contributed by atoms with Crippen LogP contribution in [0.5, 0.6) is 0 Å². The number of esters is 1. The zero-order valence-electron chi connectivity index (χ0n) is 11.2. The Kier molecular flexibility index (Phi) is 3.52. The zero-order valence-corrected chi connectivity index (χ0v) is 12.0.